The van der Waals surface area contributed by atoms with E-state index < -0.39 is 0 Å². The van der Waals surface area contributed by atoms with Crippen LogP contribution in [0.2, 0.25) is 6.82 Å². The van der Waals surface area contributed by atoms with Gasteiger partial charge >= 0.3 is 7.05 Å². The molecule has 0 spiro atoms. The van der Waals surface area contributed by atoms with E-state index in [1.165, 1.54) is 5.56 Å². The molecule has 0 saturated carbocycles. The van der Waals surface area contributed by atoms with Gasteiger partial charge < -0.3 is 15.6 Å². The predicted molar refractivity (Wildman–Crippen MR) is 91.1 cm³/mol. The summed E-state index contributed by atoms with van der Waals surface area (Å²) in [5, 5.41) is 9.65. The Hall–Kier alpha value is -0.875. The maximum atomic E-state index is 9.65. The first-order valence-electron chi connectivity index (χ1n) is 8.05. The molecule has 0 bridgehead atoms. The van der Waals surface area contributed by atoms with Gasteiger partial charge in [0.25, 0.3) is 0 Å². The maximum Gasteiger partial charge on any atom is 0.376 e. The molecule has 1 rings (SSSR count). The van der Waals surface area contributed by atoms with Crippen LogP contribution in [0.5, 0.6) is 0 Å². The molecule has 0 atom stereocenters. The quantitative estimate of drug-likeness (QED) is 0.609. The number of nitrogens with zero attached hydrogens (tertiary/aromatic N) is 2. The highest BCUT2D eigenvalue weighted by Crippen LogP contribution is 2.06. The van der Waals surface area contributed by atoms with Crippen molar-refractivity contribution >= 4 is 7.05 Å². The summed E-state index contributed by atoms with van der Waals surface area (Å²) in [6, 6.07) is 10.6. The van der Waals surface area contributed by atoms with E-state index in [9.17, 15) is 5.02 Å². The lowest BCUT2D eigenvalue weighted by molar-refractivity contribution is 0.247. The molecule has 0 saturated heterocycles. The number of hydrogen-bond donors (Lipinski definition) is 2. The van der Waals surface area contributed by atoms with Crippen LogP contribution in [0.25, 0.3) is 0 Å². The normalized spacial score (nSPS) is 11.3. The number of nitrogens with two attached hydrogens (primary N) is 1. The van der Waals surface area contributed by atoms with Gasteiger partial charge in [-0.25, -0.2) is 0 Å². The van der Waals surface area contributed by atoms with Gasteiger partial charge in [-0.15, -0.1) is 0 Å². The highest BCUT2D eigenvalue weighted by Gasteiger charge is 2.14. The van der Waals surface area contributed by atoms with Gasteiger partial charge in [0.1, 0.15) is 0 Å². The van der Waals surface area contributed by atoms with Crippen molar-refractivity contribution in [3.05, 3.63) is 35.9 Å². The molecule has 1 aromatic rings. The Morgan fingerprint density at radius 2 is 1.76 bits per heavy atom. The van der Waals surface area contributed by atoms with E-state index in [-0.39, 0.29) is 7.05 Å². The summed E-state index contributed by atoms with van der Waals surface area (Å²) in [6.07, 6.45) is 2.09. The van der Waals surface area contributed by atoms with E-state index in [0.29, 0.717) is 0 Å². The van der Waals surface area contributed by atoms with Crippen LogP contribution >= 0.6 is 0 Å². The van der Waals surface area contributed by atoms with Crippen LogP contribution in [-0.4, -0.2) is 54.5 Å². The smallest absolute Gasteiger partial charge is 0.376 e. The zero-order valence-electron chi connectivity index (χ0n) is 13.5. The van der Waals surface area contributed by atoms with Crippen LogP contribution in [0.4, 0.5) is 0 Å². The van der Waals surface area contributed by atoms with Gasteiger partial charge in [-0.1, -0.05) is 37.3 Å². The fourth-order valence-electron chi connectivity index (χ4n) is 2.53. The molecule has 0 aromatic heterocycles. The molecule has 0 radical (unpaired) electrons. The topological polar surface area (TPSA) is 52.7 Å². The molecular formula is C16H30BN3O. The van der Waals surface area contributed by atoms with E-state index >= 15 is 0 Å². The van der Waals surface area contributed by atoms with Gasteiger partial charge in [0.05, 0.1) is 0 Å². The van der Waals surface area contributed by atoms with Gasteiger partial charge in [0, 0.05) is 6.54 Å². The molecule has 21 heavy (non-hydrogen) atoms. The van der Waals surface area contributed by atoms with Crippen LogP contribution in [0.3, 0.4) is 0 Å². The minimum Gasteiger partial charge on any atom is -0.437 e. The second-order valence-corrected chi connectivity index (χ2v) is 5.52. The van der Waals surface area contributed by atoms with Crippen LogP contribution in [0, 0.1) is 0 Å². The molecule has 1 aromatic carbocycles. The highest BCUT2D eigenvalue weighted by molar-refractivity contribution is 6.45. The van der Waals surface area contributed by atoms with Crippen LogP contribution in [-0.2, 0) is 6.54 Å². The highest BCUT2D eigenvalue weighted by atomic mass is 16.2. The van der Waals surface area contributed by atoms with E-state index in [1.54, 1.807) is 0 Å². The summed E-state index contributed by atoms with van der Waals surface area (Å²) in [4.78, 5) is 4.54. The Bertz CT molecular complexity index is 362. The van der Waals surface area contributed by atoms with E-state index in [4.69, 9.17) is 5.73 Å². The SMILES string of the molecule is CCN(CCCN(CCCN)Cc1ccccc1)B(C)O. The van der Waals surface area contributed by atoms with Crippen LogP contribution in [0.15, 0.2) is 30.3 Å². The van der Waals surface area contributed by atoms with Crippen LogP contribution < -0.4 is 5.73 Å². The lowest BCUT2D eigenvalue weighted by Gasteiger charge is -2.25. The largest absolute Gasteiger partial charge is 0.437 e. The summed E-state index contributed by atoms with van der Waals surface area (Å²) in [5.41, 5.74) is 6.99. The van der Waals surface area contributed by atoms with Crippen LogP contribution in [0.1, 0.15) is 25.3 Å². The molecule has 5 heteroatoms. The first-order chi connectivity index (χ1) is 10.2. The molecule has 0 aliphatic rings. The van der Waals surface area contributed by atoms with Gasteiger partial charge in [-0.3, -0.25) is 4.90 Å². The van der Waals surface area contributed by atoms with Crippen molar-refractivity contribution in [3.8, 4) is 0 Å². The summed E-state index contributed by atoms with van der Waals surface area (Å²) in [5.74, 6) is 0. The zero-order valence-corrected chi connectivity index (χ0v) is 13.5. The second kappa shape index (κ2) is 10.8. The molecule has 118 valence electrons. The van der Waals surface area contributed by atoms with E-state index in [2.05, 4.69) is 47.0 Å². The van der Waals surface area contributed by atoms with Gasteiger partial charge in [0.2, 0.25) is 0 Å². The Kier molecular flexibility index (Phi) is 9.34. The predicted octanol–water partition coefficient (Wildman–Crippen LogP) is 1.66. The molecule has 0 unspecified atom stereocenters. The average Bonchev–Trinajstić information content (AvgIpc) is 2.49. The monoisotopic (exact) mass is 291 g/mol. The maximum absolute atomic E-state index is 9.65. The third-order valence-corrected chi connectivity index (χ3v) is 3.78. The van der Waals surface area contributed by atoms with Crippen molar-refractivity contribution in [2.45, 2.75) is 33.1 Å². The molecule has 4 nitrogen and oxygen atoms in total. The summed E-state index contributed by atoms with van der Waals surface area (Å²) in [6.45, 7) is 9.52. The molecule has 0 fully saturated rings. The van der Waals surface area contributed by atoms with Crippen molar-refractivity contribution in [1.29, 1.82) is 0 Å². The molecular weight excluding hydrogens is 261 g/mol. The summed E-state index contributed by atoms with van der Waals surface area (Å²) in [7, 11) is -0.360. The third kappa shape index (κ3) is 7.62. The van der Waals surface area contributed by atoms with Crippen molar-refractivity contribution in [2.24, 2.45) is 5.73 Å². The average molecular weight is 291 g/mol. The van der Waals surface area contributed by atoms with Crippen molar-refractivity contribution in [3.63, 3.8) is 0 Å². The Labute approximate surface area is 130 Å². The molecule has 0 amide bonds. The van der Waals surface area contributed by atoms with Crippen molar-refractivity contribution < 1.29 is 5.02 Å². The Morgan fingerprint density at radius 1 is 1.10 bits per heavy atom. The minimum atomic E-state index is -0.360. The standard InChI is InChI=1S/C16H30BN3O/c1-3-20(17(2)21)14-8-13-19(12-7-11-18)15-16-9-5-4-6-10-16/h4-6,9-10,21H,3,7-8,11-15,18H2,1-2H3. The lowest BCUT2D eigenvalue weighted by Crippen LogP contribution is -2.39. The first-order valence-corrected chi connectivity index (χ1v) is 8.05. The fourth-order valence-corrected chi connectivity index (χ4v) is 2.53. The number of benzene rings is 1. The van der Waals surface area contributed by atoms with Gasteiger partial charge in [-0.05, 0) is 58.0 Å². The van der Waals surface area contributed by atoms with Crippen molar-refractivity contribution in [1.82, 2.24) is 9.71 Å². The Morgan fingerprint density at radius 3 is 2.33 bits per heavy atom. The van der Waals surface area contributed by atoms with Gasteiger partial charge in [0.15, 0.2) is 0 Å². The summed E-state index contributed by atoms with van der Waals surface area (Å²) >= 11 is 0. The Balaban J connectivity index is 2.42. The van der Waals surface area contributed by atoms with E-state index in [0.717, 1.165) is 52.1 Å². The third-order valence-electron chi connectivity index (χ3n) is 3.78. The summed E-state index contributed by atoms with van der Waals surface area (Å²) < 4.78 is 0. The zero-order chi connectivity index (χ0) is 15.5. The second-order valence-electron chi connectivity index (χ2n) is 5.52. The van der Waals surface area contributed by atoms with E-state index in [1.807, 2.05) is 6.82 Å². The molecule has 0 aliphatic carbocycles. The number of hydrogen-bond acceptors (Lipinski definition) is 4. The first kappa shape index (κ1) is 18.2. The number of rotatable bonds is 11. The van der Waals surface area contributed by atoms with Crippen molar-refractivity contribution in [2.75, 3.05) is 32.7 Å². The lowest BCUT2D eigenvalue weighted by atomic mass is 9.85. The fraction of sp³-hybridized carbons (Fsp3) is 0.625. The molecule has 3 N–H and O–H groups in total. The molecule has 0 aliphatic heterocycles. The molecule has 0 heterocycles. The van der Waals surface area contributed by atoms with Gasteiger partial charge in [-0.2, -0.15) is 0 Å². The minimum absolute atomic E-state index is 0.360.